The number of esters is 1. The molecule has 0 fully saturated rings. The smallest absolute Gasteiger partial charge is 0.337 e. The molecule has 0 radical (unpaired) electrons. The topological polar surface area (TPSA) is 68.3 Å². The summed E-state index contributed by atoms with van der Waals surface area (Å²) in [5.74, 6) is -0.535. The lowest BCUT2D eigenvalue weighted by Gasteiger charge is -2.06. The first-order chi connectivity index (χ1) is 10.1. The number of carbonyl (C=O) groups is 2. The average Bonchev–Trinajstić information content (AvgIpc) is 2.90. The molecule has 1 aromatic carbocycles. The number of ether oxygens (including phenoxy) is 1. The van der Waals surface area contributed by atoms with Crippen molar-refractivity contribution >= 4 is 28.9 Å². The van der Waals surface area contributed by atoms with Crippen LogP contribution in [0.25, 0.3) is 0 Å². The van der Waals surface area contributed by atoms with Crippen molar-refractivity contribution in [2.45, 2.75) is 19.8 Å². The zero-order valence-electron chi connectivity index (χ0n) is 11.9. The van der Waals surface area contributed by atoms with Crippen LogP contribution in [0.5, 0.6) is 0 Å². The van der Waals surface area contributed by atoms with Crippen LogP contribution in [0.4, 0.5) is 5.69 Å². The second-order valence-corrected chi connectivity index (χ2v) is 5.54. The lowest BCUT2D eigenvalue weighted by molar-refractivity contribution is -0.116. The number of benzene rings is 1. The van der Waals surface area contributed by atoms with Gasteiger partial charge in [-0.25, -0.2) is 9.78 Å². The molecule has 6 heteroatoms. The molecule has 21 heavy (non-hydrogen) atoms. The van der Waals surface area contributed by atoms with Crippen LogP contribution in [0.2, 0.25) is 0 Å². The molecule has 2 aromatic rings. The molecule has 2 rings (SSSR count). The molecule has 1 amide bonds. The minimum atomic E-state index is -0.427. The summed E-state index contributed by atoms with van der Waals surface area (Å²) in [6.07, 6.45) is 0.957. The van der Waals surface area contributed by atoms with Gasteiger partial charge in [0.15, 0.2) is 0 Å². The molecule has 0 aliphatic heterocycles. The van der Waals surface area contributed by atoms with Gasteiger partial charge in [0.05, 0.1) is 23.4 Å². The van der Waals surface area contributed by atoms with Crippen molar-refractivity contribution in [1.82, 2.24) is 4.98 Å². The summed E-state index contributed by atoms with van der Waals surface area (Å²) in [4.78, 5) is 27.6. The number of hydrogen-bond acceptors (Lipinski definition) is 5. The number of anilines is 1. The Hall–Kier alpha value is -2.21. The third-order valence-electron chi connectivity index (χ3n) is 2.84. The van der Waals surface area contributed by atoms with Crippen LogP contribution in [0, 0.1) is 6.92 Å². The van der Waals surface area contributed by atoms with Gasteiger partial charge in [0, 0.05) is 17.5 Å². The van der Waals surface area contributed by atoms with Crippen LogP contribution < -0.4 is 5.32 Å². The zero-order chi connectivity index (χ0) is 15.2. The van der Waals surface area contributed by atoms with E-state index in [9.17, 15) is 9.59 Å². The molecule has 0 saturated carbocycles. The standard InChI is InChI=1S/C15H16N2O3S/c1-10-16-13(9-21-10)6-7-14(18)17-12-5-3-4-11(8-12)15(19)20-2/h3-5,8-9H,6-7H2,1-2H3,(H,17,18). The predicted molar refractivity (Wildman–Crippen MR) is 81.6 cm³/mol. The third kappa shape index (κ3) is 4.39. The first kappa shape index (κ1) is 15.2. The minimum absolute atomic E-state index is 0.109. The summed E-state index contributed by atoms with van der Waals surface area (Å²) >= 11 is 1.57. The van der Waals surface area contributed by atoms with Gasteiger partial charge in [0.25, 0.3) is 0 Å². The van der Waals surface area contributed by atoms with E-state index < -0.39 is 5.97 Å². The van der Waals surface area contributed by atoms with E-state index in [2.05, 4.69) is 15.0 Å². The summed E-state index contributed by atoms with van der Waals surface area (Å²) in [5.41, 5.74) is 1.92. The number of methoxy groups -OCH3 is 1. The number of nitrogens with one attached hydrogen (secondary N) is 1. The molecule has 5 nitrogen and oxygen atoms in total. The van der Waals surface area contributed by atoms with E-state index in [1.54, 1.807) is 35.6 Å². The number of aryl methyl sites for hydroxylation is 2. The molecule has 1 N–H and O–H groups in total. The molecule has 0 bridgehead atoms. The molecule has 1 heterocycles. The summed E-state index contributed by atoms with van der Waals surface area (Å²) < 4.78 is 4.65. The molecule has 0 saturated heterocycles. The van der Waals surface area contributed by atoms with Gasteiger partial charge in [0.1, 0.15) is 0 Å². The highest BCUT2D eigenvalue weighted by atomic mass is 32.1. The van der Waals surface area contributed by atoms with Crippen molar-refractivity contribution in [2.75, 3.05) is 12.4 Å². The van der Waals surface area contributed by atoms with E-state index >= 15 is 0 Å². The normalized spacial score (nSPS) is 10.2. The van der Waals surface area contributed by atoms with Crippen LogP contribution in [0.1, 0.15) is 27.5 Å². The summed E-state index contributed by atoms with van der Waals surface area (Å²) in [6, 6.07) is 6.67. The Labute approximate surface area is 127 Å². The van der Waals surface area contributed by atoms with Crippen LogP contribution in [-0.4, -0.2) is 24.0 Å². The lowest BCUT2D eigenvalue weighted by Crippen LogP contribution is -2.13. The van der Waals surface area contributed by atoms with Crippen molar-refractivity contribution in [3.63, 3.8) is 0 Å². The van der Waals surface area contributed by atoms with Crippen LogP contribution in [0.3, 0.4) is 0 Å². The Morgan fingerprint density at radius 2 is 2.19 bits per heavy atom. The third-order valence-corrected chi connectivity index (χ3v) is 3.66. The molecule has 0 atom stereocenters. The van der Waals surface area contributed by atoms with E-state index in [0.717, 1.165) is 10.7 Å². The number of carbonyl (C=O) groups excluding carboxylic acids is 2. The minimum Gasteiger partial charge on any atom is -0.465 e. The zero-order valence-corrected chi connectivity index (χ0v) is 12.7. The first-order valence-electron chi connectivity index (χ1n) is 6.47. The molecule has 0 aliphatic rings. The molecule has 0 aliphatic carbocycles. The maximum absolute atomic E-state index is 11.9. The van der Waals surface area contributed by atoms with Crippen LogP contribution in [-0.2, 0) is 16.0 Å². The Kier molecular flexibility index (Phi) is 5.05. The van der Waals surface area contributed by atoms with E-state index in [4.69, 9.17) is 0 Å². The van der Waals surface area contributed by atoms with E-state index in [-0.39, 0.29) is 5.91 Å². The molecular weight excluding hydrogens is 288 g/mol. The predicted octanol–water partition coefficient (Wildman–Crippen LogP) is 2.81. The van der Waals surface area contributed by atoms with E-state index in [0.29, 0.717) is 24.1 Å². The van der Waals surface area contributed by atoms with Gasteiger partial charge in [-0.2, -0.15) is 0 Å². The second kappa shape index (κ2) is 6.99. The van der Waals surface area contributed by atoms with Gasteiger partial charge in [-0.1, -0.05) is 6.07 Å². The van der Waals surface area contributed by atoms with Crippen LogP contribution in [0.15, 0.2) is 29.6 Å². The van der Waals surface area contributed by atoms with Crippen molar-refractivity contribution in [1.29, 1.82) is 0 Å². The van der Waals surface area contributed by atoms with Gasteiger partial charge >= 0.3 is 5.97 Å². The molecule has 0 spiro atoms. The van der Waals surface area contributed by atoms with E-state index in [1.807, 2.05) is 12.3 Å². The SMILES string of the molecule is COC(=O)c1cccc(NC(=O)CCc2csc(C)n2)c1. The maximum Gasteiger partial charge on any atom is 0.337 e. The Morgan fingerprint density at radius 1 is 1.38 bits per heavy atom. The highest BCUT2D eigenvalue weighted by Gasteiger charge is 2.08. The Balaban J connectivity index is 1.91. The maximum atomic E-state index is 11.9. The van der Waals surface area contributed by atoms with Crippen molar-refractivity contribution < 1.29 is 14.3 Å². The van der Waals surface area contributed by atoms with Gasteiger partial charge in [-0.15, -0.1) is 11.3 Å². The monoisotopic (exact) mass is 304 g/mol. The fraction of sp³-hybridized carbons (Fsp3) is 0.267. The summed E-state index contributed by atoms with van der Waals surface area (Å²) in [5, 5.41) is 5.72. The summed E-state index contributed by atoms with van der Waals surface area (Å²) in [6.45, 7) is 1.94. The number of thiazole rings is 1. The first-order valence-corrected chi connectivity index (χ1v) is 7.35. The quantitative estimate of drug-likeness (QED) is 0.862. The number of hydrogen-bond donors (Lipinski definition) is 1. The van der Waals surface area contributed by atoms with Crippen molar-refractivity contribution in [2.24, 2.45) is 0 Å². The molecule has 1 aromatic heterocycles. The average molecular weight is 304 g/mol. The fourth-order valence-corrected chi connectivity index (χ4v) is 2.48. The summed E-state index contributed by atoms with van der Waals surface area (Å²) in [7, 11) is 1.32. The van der Waals surface area contributed by atoms with Gasteiger partial charge in [-0.05, 0) is 31.5 Å². The highest BCUT2D eigenvalue weighted by Crippen LogP contribution is 2.13. The Bertz CT molecular complexity index is 652. The second-order valence-electron chi connectivity index (χ2n) is 4.48. The van der Waals surface area contributed by atoms with Crippen molar-refractivity contribution in [3.8, 4) is 0 Å². The number of amides is 1. The Morgan fingerprint density at radius 3 is 2.86 bits per heavy atom. The van der Waals surface area contributed by atoms with Crippen LogP contribution >= 0.6 is 11.3 Å². The molecular formula is C15H16N2O3S. The fourth-order valence-electron chi connectivity index (χ4n) is 1.83. The number of nitrogens with zero attached hydrogens (tertiary/aromatic N) is 1. The lowest BCUT2D eigenvalue weighted by atomic mass is 10.2. The van der Waals surface area contributed by atoms with Gasteiger partial charge < -0.3 is 10.1 Å². The number of rotatable bonds is 5. The largest absolute Gasteiger partial charge is 0.465 e. The van der Waals surface area contributed by atoms with Gasteiger partial charge in [-0.3, -0.25) is 4.79 Å². The number of aromatic nitrogens is 1. The van der Waals surface area contributed by atoms with Gasteiger partial charge in [0.2, 0.25) is 5.91 Å². The molecule has 110 valence electrons. The van der Waals surface area contributed by atoms with E-state index in [1.165, 1.54) is 7.11 Å². The highest BCUT2D eigenvalue weighted by molar-refractivity contribution is 7.09. The molecule has 0 unspecified atom stereocenters. The van der Waals surface area contributed by atoms with Crippen molar-refractivity contribution in [3.05, 3.63) is 45.9 Å².